The Labute approximate surface area is 160 Å². The molecule has 4 rings (SSSR count). The van der Waals surface area contributed by atoms with Crippen LogP contribution < -0.4 is 5.73 Å². The lowest BCUT2D eigenvalue weighted by molar-refractivity contribution is -0.123. The van der Waals surface area contributed by atoms with Crippen molar-refractivity contribution in [2.45, 2.75) is 26.7 Å². The summed E-state index contributed by atoms with van der Waals surface area (Å²) in [4.78, 5) is 33.2. The van der Waals surface area contributed by atoms with Crippen LogP contribution in [-0.4, -0.2) is 39.9 Å². The highest BCUT2D eigenvalue weighted by atomic mass is 32.1. The largest absolute Gasteiger partial charge is 0.369 e. The standard InChI is InChI=1S/C19H20N4O3S/c1-10-5-6-15(27-10)14-8-13(16-11(2)22-26-18(16)21-14)19(25)23-7-3-4-12(9-23)17(20)24/h5-6,8,12H,3-4,7,9H2,1-2H3,(H2,20,24). The van der Waals surface area contributed by atoms with Gasteiger partial charge in [0.25, 0.3) is 11.6 Å². The second kappa shape index (κ2) is 6.77. The van der Waals surface area contributed by atoms with Crippen LogP contribution in [0.25, 0.3) is 21.7 Å². The Kier molecular flexibility index (Phi) is 4.43. The van der Waals surface area contributed by atoms with E-state index in [0.717, 1.165) is 22.6 Å². The predicted molar refractivity (Wildman–Crippen MR) is 102 cm³/mol. The average Bonchev–Trinajstić information content (AvgIpc) is 3.26. The Morgan fingerprint density at radius 1 is 1.33 bits per heavy atom. The van der Waals surface area contributed by atoms with Gasteiger partial charge in [-0.25, -0.2) is 4.98 Å². The molecule has 3 aromatic heterocycles. The number of nitrogens with zero attached hydrogens (tertiary/aromatic N) is 3. The minimum absolute atomic E-state index is 0.144. The van der Waals surface area contributed by atoms with Crippen molar-refractivity contribution in [3.63, 3.8) is 0 Å². The van der Waals surface area contributed by atoms with Crippen LogP contribution in [0.2, 0.25) is 0 Å². The molecular weight excluding hydrogens is 364 g/mol. The number of carbonyl (C=O) groups excluding carboxylic acids is 2. The van der Waals surface area contributed by atoms with Crippen LogP contribution in [-0.2, 0) is 4.79 Å². The highest BCUT2D eigenvalue weighted by molar-refractivity contribution is 7.15. The lowest BCUT2D eigenvalue weighted by atomic mass is 9.96. The lowest BCUT2D eigenvalue weighted by Gasteiger charge is -2.31. The number of amides is 2. The maximum atomic E-state index is 13.3. The first kappa shape index (κ1) is 17.7. The molecule has 1 fully saturated rings. The van der Waals surface area contributed by atoms with E-state index in [9.17, 15) is 9.59 Å². The summed E-state index contributed by atoms with van der Waals surface area (Å²) in [6.07, 6.45) is 1.48. The first-order chi connectivity index (χ1) is 12.9. The summed E-state index contributed by atoms with van der Waals surface area (Å²) in [6, 6.07) is 5.80. The highest BCUT2D eigenvalue weighted by Gasteiger charge is 2.30. The number of fused-ring (bicyclic) bond motifs is 1. The van der Waals surface area contributed by atoms with Crippen molar-refractivity contribution in [3.8, 4) is 10.6 Å². The predicted octanol–water partition coefficient (Wildman–Crippen LogP) is 2.91. The van der Waals surface area contributed by atoms with Crippen LogP contribution in [0.4, 0.5) is 0 Å². The number of likely N-dealkylation sites (tertiary alicyclic amines) is 1. The first-order valence-electron chi connectivity index (χ1n) is 8.86. The quantitative estimate of drug-likeness (QED) is 0.748. The van der Waals surface area contributed by atoms with Crippen LogP contribution in [0.15, 0.2) is 22.7 Å². The Morgan fingerprint density at radius 3 is 2.85 bits per heavy atom. The molecule has 1 saturated heterocycles. The normalized spacial score (nSPS) is 17.4. The zero-order valence-corrected chi connectivity index (χ0v) is 16.0. The Balaban J connectivity index is 1.78. The molecule has 2 amide bonds. The molecule has 2 N–H and O–H groups in total. The Bertz CT molecular complexity index is 1040. The van der Waals surface area contributed by atoms with E-state index < -0.39 is 0 Å². The van der Waals surface area contributed by atoms with Crippen LogP contribution in [0, 0.1) is 19.8 Å². The monoisotopic (exact) mass is 384 g/mol. The summed E-state index contributed by atoms with van der Waals surface area (Å²) in [7, 11) is 0. The molecule has 0 bridgehead atoms. The number of hydrogen-bond acceptors (Lipinski definition) is 6. The summed E-state index contributed by atoms with van der Waals surface area (Å²) in [5.41, 5.74) is 7.62. The third kappa shape index (κ3) is 3.21. The molecule has 1 atom stereocenters. The molecule has 0 spiro atoms. The smallest absolute Gasteiger partial charge is 0.259 e. The Morgan fingerprint density at radius 2 is 2.15 bits per heavy atom. The molecule has 0 radical (unpaired) electrons. The number of aromatic nitrogens is 2. The minimum Gasteiger partial charge on any atom is -0.369 e. The van der Waals surface area contributed by atoms with E-state index in [4.69, 9.17) is 10.3 Å². The number of hydrogen-bond donors (Lipinski definition) is 1. The maximum absolute atomic E-state index is 13.3. The average molecular weight is 384 g/mol. The summed E-state index contributed by atoms with van der Waals surface area (Å²) < 4.78 is 5.35. The van der Waals surface area contributed by atoms with Gasteiger partial charge in [0, 0.05) is 18.0 Å². The third-order valence-corrected chi connectivity index (χ3v) is 5.97. The molecule has 4 heterocycles. The molecule has 0 aliphatic carbocycles. The van der Waals surface area contributed by atoms with Gasteiger partial charge in [-0.2, -0.15) is 0 Å². The fourth-order valence-electron chi connectivity index (χ4n) is 3.53. The van der Waals surface area contributed by atoms with E-state index in [0.29, 0.717) is 41.1 Å². The van der Waals surface area contributed by atoms with Crippen LogP contribution in [0.5, 0.6) is 0 Å². The van der Waals surface area contributed by atoms with Gasteiger partial charge in [-0.1, -0.05) is 5.16 Å². The van der Waals surface area contributed by atoms with E-state index in [1.54, 1.807) is 29.2 Å². The van der Waals surface area contributed by atoms with Crippen LogP contribution in [0.1, 0.15) is 33.8 Å². The van der Waals surface area contributed by atoms with Gasteiger partial charge in [-0.05, 0) is 44.9 Å². The molecule has 8 heteroatoms. The topological polar surface area (TPSA) is 102 Å². The highest BCUT2D eigenvalue weighted by Crippen LogP contribution is 2.32. The fraction of sp³-hybridized carbons (Fsp3) is 0.368. The molecule has 1 aliphatic heterocycles. The molecule has 140 valence electrons. The first-order valence-corrected chi connectivity index (χ1v) is 9.68. The molecule has 1 aliphatic rings. The molecule has 0 saturated carbocycles. The third-order valence-electron chi connectivity index (χ3n) is 4.95. The van der Waals surface area contributed by atoms with E-state index in [1.165, 1.54) is 0 Å². The number of thiophene rings is 1. The lowest BCUT2D eigenvalue weighted by Crippen LogP contribution is -2.44. The van der Waals surface area contributed by atoms with Gasteiger partial charge in [0.1, 0.15) is 0 Å². The molecular formula is C19H20N4O3S. The molecule has 0 aromatic carbocycles. The van der Waals surface area contributed by atoms with Crippen molar-refractivity contribution >= 4 is 34.3 Å². The van der Waals surface area contributed by atoms with Crippen molar-refractivity contribution in [3.05, 3.63) is 34.3 Å². The summed E-state index contributed by atoms with van der Waals surface area (Å²) >= 11 is 1.61. The number of primary amides is 1. The van der Waals surface area contributed by atoms with Crippen molar-refractivity contribution in [1.29, 1.82) is 0 Å². The second-order valence-corrected chi connectivity index (χ2v) is 8.19. The van der Waals surface area contributed by atoms with Gasteiger partial charge in [-0.3, -0.25) is 9.59 Å². The summed E-state index contributed by atoms with van der Waals surface area (Å²) in [5.74, 6) is -0.805. The van der Waals surface area contributed by atoms with E-state index in [1.807, 2.05) is 19.1 Å². The van der Waals surface area contributed by atoms with Gasteiger partial charge in [0.2, 0.25) is 5.91 Å². The molecule has 27 heavy (non-hydrogen) atoms. The molecule has 3 aromatic rings. The fourth-order valence-corrected chi connectivity index (χ4v) is 4.35. The van der Waals surface area contributed by atoms with Gasteiger partial charge in [0.15, 0.2) is 0 Å². The number of rotatable bonds is 3. The van der Waals surface area contributed by atoms with E-state index >= 15 is 0 Å². The Hall–Kier alpha value is -2.74. The summed E-state index contributed by atoms with van der Waals surface area (Å²) in [5, 5.41) is 4.61. The SMILES string of the molecule is Cc1ccc(-c2cc(C(=O)N3CCCC(C(N)=O)C3)c3c(C)noc3n2)s1. The number of piperidine rings is 1. The van der Waals surface area contributed by atoms with Crippen molar-refractivity contribution in [2.24, 2.45) is 11.7 Å². The van der Waals surface area contributed by atoms with Crippen molar-refractivity contribution < 1.29 is 14.1 Å². The minimum atomic E-state index is -0.358. The van der Waals surface area contributed by atoms with Crippen molar-refractivity contribution in [2.75, 3.05) is 13.1 Å². The zero-order valence-electron chi connectivity index (χ0n) is 15.2. The van der Waals surface area contributed by atoms with Gasteiger partial charge < -0.3 is 15.2 Å². The van der Waals surface area contributed by atoms with Crippen LogP contribution in [0.3, 0.4) is 0 Å². The van der Waals surface area contributed by atoms with E-state index in [-0.39, 0.29) is 17.7 Å². The van der Waals surface area contributed by atoms with Gasteiger partial charge in [-0.15, -0.1) is 11.3 Å². The number of nitrogens with two attached hydrogens (primary N) is 1. The van der Waals surface area contributed by atoms with E-state index in [2.05, 4.69) is 10.1 Å². The van der Waals surface area contributed by atoms with Crippen molar-refractivity contribution in [1.82, 2.24) is 15.0 Å². The zero-order chi connectivity index (χ0) is 19.1. The number of aryl methyl sites for hydroxylation is 2. The summed E-state index contributed by atoms with van der Waals surface area (Å²) in [6.45, 7) is 4.76. The van der Waals surface area contributed by atoms with Gasteiger partial charge in [0.05, 0.1) is 33.1 Å². The number of pyridine rings is 1. The van der Waals surface area contributed by atoms with Gasteiger partial charge >= 0.3 is 0 Å². The molecule has 7 nitrogen and oxygen atoms in total. The molecule has 1 unspecified atom stereocenters. The number of carbonyl (C=O) groups is 2. The maximum Gasteiger partial charge on any atom is 0.259 e. The van der Waals surface area contributed by atoms with Crippen LogP contribution >= 0.6 is 11.3 Å². The second-order valence-electron chi connectivity index (χ2n) is 6.91.